The molecule has 0 atom stereocenters. The van der Waals surface area contributed by atoms with Crippen LogP contribution in [0.25, 0.3) is 11.3 Å². The van der Waals surface area contributed by atoms with Crippen molar-refractivity contribution in [2.75, 3.05) is 6.54 Å². The Hall–Kier alpha value is -3.94. The third kappa shape index (κ3) is 3.86. The van der Waals surface area contributed by atoms with Crippen molar-refractivity contribution in [1.29, 1.82) is 0 Å². The van der Waals surface area contributed by atoms with E-state index < -0.39 is 0 Å². The molecule has 3 heterocycles. The molecule has 0 fully saturated rings. The average molecular weight is 389 g/mol. The minimum Gasteiger partial charge on any atom is -0.360 e. The quantitative estimate of drug-likeness (QED) is 0.420. The first-order valence-corrected chi connectivity index (χ1v) is 9.13. The number of carbonyl (C=O) groups is 2. The highest BCUT2D eigenvalue weighted by Gasteiger charge is 2.24. The summed E-state index contributed by atoms with van der Waals surface area (Å²) in [5.41, 5.74) is 3.28. The van der Waals surface area contributed by atoms with E-state index in [9.17, 15) is 9.59 Å². The summed E-state index contributed by atoms with van der Waals surface area (Å²) in [4.78, 5) is 35.2. The van der Waals surface area contributed by atoms with E-state index in [1.54, 1.807) is 19.4 Å². The fourth-order valence-electron chi connectivity index (χ4n) is 3.06. The van der Waals surface area contributed by atoms with Gasteiger partial charge in [-0.1, -0.05) is 35.5 Å². The van der Waals surface area contributed by atoms with E-state index >= 15 is 0 Å². The first kappa shape index (κ1) is 18.4. The molecule has 0 bridgehead atoms. The summed E-state index contributed by atoms with van der Waals surface area (Å²) in [5.74, 6) is -0.107. The number of ketones is 1. The topological polar surface area (TPSA) is 117 Å². The van der Waals surface area contributed by atoms with Crippen molar-refractivity contribution in [3.63, 3.8) is 0 Å². The Labute approximate surface area is 166 Å². The van der Waals surface area contributed by atoms with Crippen LogP contribution in [0.2, 0.25) is 0 Å². The van der Waals surface area contributed by atoms with Crippen LogP contribution in [0.1, 0.15) is 37.9 Å². The fourth-order valence-corrected chi connectivity index (χ4v) is 3.06. The Morgan fingerprint density at radius 3 is 2.76 bits per heavy atom. The number of H-pyrrole nitrogens is 2. The molecule has 0 saturated carbocycles. The van der Waals surface area contributed by atoms with Gasteiger partial charge < -0.3 is 19.8 Å². The van der Waals surface area contributed by atoms with Crippen molar-refractivity contribution in [2.24, 2.45) is 0 Å². The van der Waals surface area contributed by atoms with Gasteiger partial charge in [0.25, 0.3) is 5.91 Å². The van der Waals surface area contributed by atoms with Crippen molar-refractivity contribution >= 4 is 11.7 Å². The average Bonchev–Trinajstić information content (AvgIpc) is 3.49. The molecule has 8 heteroatoms. The van der Waals surface area contributed by atoms with Crippen molar-refractivity contribution in [2.45, 2.75) is 13.3 Å². The van der Waals surface area contributed by atoms with Crippen molar-refractivity contribution < 1.29 is 14.1 Å². The SMILES string of the molecule is Cc1onc(-c2ccccc2)c1C(=O)c1c[nH]c(C(=O)NCCc2cnc[nH]2)c1. The lowest BCUT2D eigenvalue weighted by Gasteiger charge is -2.02. The van der Waals surface area contributed by atoms with Gasteiger partial charge in [0.1, 0.15) is 17.1 Å². The first-order valence-electron chi connectivity index (χ1n) is 9.13. The van der Waals surface area contributed by atoms with Crippen LogP contribution in [0.5, 0.6) is 0 Å². The Kier molecular flexibility index (Phi) is 5.07. The molecule has 0 aliphatic carbocycles. The van der Waals surface area contributed by atoms with Gasteiger partial charge in [0.15, 0.2) is 5.78 Å². The van der Waals surface area contributed by atoms with Gasteiger partial charge in [-0.2, -0.15) is 0 Å². The van der Waals surface area contributed by atoms with Gasteiger partial charge in [-0.3, -0.25) is 9.59 Å². The molecular formula is C21H19N5O3. The highest BCUT2D eigenvalue weighted by atomic mass is 16.5. The monoisotopic (exact) mass is 389 g/mol. The number of amides is 1. The zero-order valence-corrected chi connectivity index (χ0v) is 15.7. The van der Waals surface area contributed by atoms with E-state index in [2.05, 4.69) is 25.4 Å². The van der Waals surface area contributed by atoms with E-state index in [0.717, 1.165) is 11.3 Å². The second-order valence-corrected chi connectivity index (χ2v) is 6.54. The summed E-state index contributed by atoms with van der Waals surface area (Å²) in [6, 6.07) is 10.9. The molecule has 1 aromatic carbocycles. The van der Waals surface area contributed by atoms with Crippen LogP contribution in [-0.2, 0) is 6.42 Å². The van der Waals surface area contributed by atoms with Gasteiger partial charge >= 0.3 is 0 Å². The molecule has 0 radical (unpaired) electrons. The highest BCUT2D eigenvalue weighted by Crippen LogP contribution is 2.27. The molecule has 0 aliphatic heterocycles. The number of nitrogens with one attached hydrogen (secondary N) is 3. The first-order chi connectivity index (χ1) is 14.1. The minimum atomic E-state index is -0.283. The smallest absolute Gasteiger partial charge is 0.267 e. The Bertz CT molecular complexity index is 1130. The van der Waals surface area contributed by atoms with Gasteiger partial charge in [-0.25, -0.2) is 4.98 Å². The van der Waals surface area contributed by atoms with Crippen LogP contribution in [-0.4, -0.2) is 38.3 Å². The van der Waals surface area contributed by atoms with Crippen LogP contribution >= 0.6 is 0 Å². The highest BCUT2D eigenvalue weighted by molar-refractivity contribution is 6.13. The van der Waals surface area contributed by atoms with Crippen molar-refractivity contribution in [1.82, 2.24) is 25.4 Å². The Morgan fingerprint density at radius 2 is 2.00 bits per heavy atom. The maximum Gasteiger partial charge on any atom is 0.267 e. The maximum atomic E-state index is 13.1. The van der Waals surface area contributed by atoms with Crippen molar-refractivity contribution in [3.05, 3.63) is 83.4 Å². The zero-order chi connectivity index (χ0) is 20.2. The van der Waals surface area contributed by atoms with E-state index in [-0.39, 0.29) is 11.7 Å². The van der Waals surface area contributed by atoms with Gasteiger partial charge in [0.2, 0.25) is 0 Å². The van der Waals surface area contributed by atoms with Gasteiger partial charge in [-0.15, -0.1) is 0 Å². The number of hydrogen-bond acceptors (Lipinski definition) is 5. The second kappa shape index (κ2) is 7.97. The summed E-state index contributed by atoms with van der Waals surface area (Å²) < 4.78 is 5.27. The lowest BCUT2D eigenvalue weighted by Crippen LogP contribution is -2.26. The number of nitrogens with zero attached hydrogens (tertiary/aromatic N) is 2. The molecular weight excluding hydrogens is 370 g/mol. The Morgan fingerprint density at radius 1 is 1.17 bits per heavy atom. The number of aromatic amines is 2. The van der Waals surface area contributed by atoms with Gasteiger partial charge in [0, 0.05) is 42.2 Å². The molecule has 0 unspecified atom stereocenters. The molecule has 1 amide bonds. The largest absolute Gasteiger partial charge is 0.360 e. The molecule has 4 aromatic rings. The van der Waals surface area contributed by atoms with Gasteiger partial charge in [-0.05, 0) is 13.0 Å². The summed E-state index contributed by atoms with van der Waals surface area (Å²) in [6.45, 7) is 2.15. The zero-order valence-electron chi connectivity index (χ0n) is 15.7. The maximum absolute atomic E-state index is 13.1. The molecule has 0 saturated heterocycles. The summed E-state index contributed by atoms with van der Waals surface area (Å²) in [6.07, 6.45) is 5.46. The fraction of sp³-hybridized carbons (Fsp3) is 0.143. The lowest BCUT2D eigenvalue weighted by atomic mass is 9.99. The van der Waals surface area contributed by atoms with E-state index in [4.69, 9.17) is 4.52 Å². The van der Waals surface area contributed by atoms with E-state index in [1.807, 2.05) is 30.3 Å². The lowest BCUT2D eigenvalue weighted by molar-refractivity contribution is 0.0949. The van der Waals surface area contributed by atoms with Crippen molar-refractivity contribution in [3.8, 4) is 11.3 Å². The predicted molar refractivity (Wildman–Crippen MR) is 106 cm³/mol. The Balaban J connectivity index is 1.49. The van der Waals surface area contributed by atoms with Crippen LogP contribution in [0, 0.1) is 6.92 Å². The molecule has 4 rings (SSSR count). The summed E-state index contributed by atoms with van der Waals surface area (Å²) in [7, 11) is 0. The number of carbonyl (C=O) groups excluding carboxylic acids is 2. The normalized spacial score (nSPS) is 10.8. The van der Waals surface area contributed by atoms with Crippen LogP contribution in [0.3, 0.4) is 0 Å². The minimum absolute atomic E-state index is 0.254. The standard InChI is InChI=1S/C21H19N5O3/c1-13-18(19(26-29-13)14-5-3-2-4-6-14)20(27)15-9-17(24-10-15)21(28)23-8-7-16-11-22-12-25-16/h2-6,9-12,24H,7-8H2,1H3,(H,22,25)(H,23,28). The number of rotatable bonds is 7. The number of aromatic nitrogens is 4. The van der Waals surface area contributed by atoms with Crippen LogP contribution in [0.4, 0.5) is 0 Å². The molecule has 0 spiro atoms. The van der Waals surface area contributed by atoms with E-state index in [0.29, 0.717) is 41.2 Å². The molecule has 29 heavy (non-hydrogen) atoms. The number of aryl methyl sites for hydroxylation is 1. The third-order valence-electron chi connectivity index (χ3n) is 4.56. The second-order valence-electron chi connectivity index (χ2n) is 6.54. The summed E-state index contributed by atoms with van der Waals surface area (Å²) >= 11 is 0. The predicted octanol–water partition coefficient (Wildman–Crippen LogP) is 2.90. The number of imidazole rings is 1. The van der Waals surface area contributed by atoms with Crippen LogP contribution < -0.4 is 5.32 Å². The molecule has 8 nitrogen and oxygen atoms in total. The summed E-state index contributed by atoms with van der Waals surface area (Å²) in [5, 5.41) is 6.86. The van der Waals surface area contributed by atoms with Gasteiger partial charge in [0.05, 0.1) is 11.9 Å². The number of hydrogen-bond donors (Lipinski definition) is 3. The molecule has 3 aromatic heterocycles. The molecule has 146 valence electrons. The third-order valence-corrected chi connectivity index (χ3v) is 4.56. The van der Waals surface area contributed by atoms with E-state index in [1.165, 1.54) is 12.3 Å². The van der Waals surface area contributed by atoms with Crippen LogP contribution in [0.15, 0.2) is 59.6 Å². The molecule has 3 N–H and O–H groups in total. The number of benzene rings is 1. The molecule has 0 aliphatic rings.